The van der Waals surface area contributed by atoms with Crippen molar-refractivity contribution in [1.29, 1.82) is 0 Å². The van der Waals surface area contributed by atoms with Crippen molar-refractivity contribution in [2.45, 2.75) is 17.7 Å². The number of allylic oxidation sites excluding steroid dienone is 1. The maximum atomic E-state index is 11.1. The summed E-state index contributed by atoms with van der Waals surface area (Å²) in [5.41, 5.74) is 0. The number of carbonyl (C=O) groups excluding carboxylic acids is 1. The number of aldehydes is 1. The van der Waals surface area contributed by atoms with Crippen molar-refractivity contribution < 1.29 is 9.72 Å². The summed E-state index contributed by atoms with van der Waals surface area (Å²) in [5, 5.41) is 10.7. The molecule has 108 valence electrons. The van der Waals surface area contributed by atoms with E-state index in [0.29, 0.717) is 12.8 Å². The van der Waals surface area contributed by atoms with Gasteiger partial charge in [0, 0.05) is 21.7 Å². The zero-order chi connectivity index (χ0) is 14.8. The fraction of sp³-hybridized carbons (Fsp3) is 0.400. The van der Waals surface area contributed by atoms with Gasteiger partial charge in [0.2, 0.25) is 6.54 Å². The van der Waals surface area contributed by atoms with Gasteiger partial charge in [-0.3, -0.25) is 10.1 Å². The van der Waals surface area contributed by atoms with E-state index >= 15 is 0 Å². The van der Waals surface area contributed by atoms with Crippen molar-refractivity contribution in [3.8, 4) is 0 Å². The lowest BCUT2D eigenvalue weighted by Crippen LogP contribution is -2.24. The largest absolute Gasteiger partial charge is 0.303 e. The molecule has 0 aliphatic carbocycles. The molecule has 5 heteroatoms. The van der Waals surface area contributed by atoms with Gasteiger partial charge in [-0.25, -0.2) is 0 Å². The van der Waals surface area contributed by atoms with Crippen LogP contribution < -0.4 is 0 Å². The number of thioether (sulfide) groups is 1. The molecule has 20 heavy (non-hydrogen) atoms. The maximum absolute atomic E-state index is 11.1. The lowest BCUT2D eigenvalue weighted by atomic mass is 9.88. The molecule has 0 aromatic heterocycles. The smallest absolute Gasteiger partial charge is 0.207 e. The van der Waals surface area contributed by atoms with Crippen LogP contribution in [0.2, 0.25) is 0 Å². The third-order valence-electron chi connectivity index (χ3n) is 3.10. The van der Waals surface area contributed by atoms with E-state index < -0.39 is 0 Å². The van der Waals surface area contributed by atoms with Crippen molar-refractivity contribution in [3.63, 3.8) is 0 Å². The highest BCUT2D eigenvalue weighted by atomic mass is 32.2. The van der Waals surface area contributed by atoms with Gasteiger partial charge in [0.25, 0.3) is 0 Å². The third kappa shape index (κ3) is 6.02. The Hall–Kier alpha value is -1.62. The van der Waals surface area contributed by atoms with Gasteiger partial charge < -0.3 is 4.79 Å². The summed E-state index contributed by atoms with van der Waals surface area (Å²) in [6.45, 7) is 3.44. The van der Waals surface area contributed by atoms with Gasteiger partial charge in [-0.15, -0.1) is 18.3 Å². The molecule has 0 spiro atoms. The van der Waals surface area contributed by atoms with Crippen LogP contribution in [-0.4, -0.2) is 23.5 Å². The molecule has 0 heterocycles. The first-order chi connectivity index (χ1) is 9.67. The standard InChI is InChI=1S/C15H19NO3S/c1-2-6-14(12-17)13(11-16(18)19)9-10-20-15-7-4-3-5-8-15/h2-5,7-8,12-14H,1,6,9-11H2/t13-,14+/m1/s1. The highest BCUT2D eigenvalue weighted by molar-refractivity contribution is 7.99. The summed E-state index contributed by atoms with van der Waals surface area (Å²) >= 11 is 1.66. The number of hydrogen-bond acceptors (Lipinski definition) is 4. The maximum Gasteiger partial charge on any atom is 0.207 e. The summed E-state index contributed by atoms with van der Waals surface area (Å²) in [7, 11) is 0. The van der Waals surface area contributed by atoms with Crippen molar-refractivity contribution in [3.05, 3.63) is 53.1 Å². The molecule has 0 bridgehead atoms. The van der Waals surface area contributed by atoms with E-state index in [0.717, 1.165) is 16.9 Å². The summed E-state index contributed by atoms with van der Waals surface area (Å²) in [6.07, 6.45) is 3.62. The first kappa shape index (κ1) is 16.4. The Kier molecular flexibility index (Phi) is 7.65. The van der Waals surface area contributed by atoms with E-state index in [1.165, 1.54) is 0 Å². The topological polar surface area (TPSA) is 60.2 Å². The molecule has 1 rings (SSSR count). The number of rotatable bonds is 10. The quantitative estimate of drug-likeness (QED) is 0.218. The van der Waals surface area contributed by atoms with Crippen LogP contribution in [0.3, 0.4) is 0 Å². The lowest BCUT2D eigenvalue weighted by molar-refractivity contribution is -0.489. The molecule has 0 saturated heterocycles. The second-order valence-corrected chi connectivity index (χ2v) is 5.72. The Balaban J connectivity index is 2.53. The van der Waals surface area contributed by atoms with Gasteiger partial charge in [-0.1, -0.05) is 24.3 Å². The van der Waals surface area contributed by atoms with Crippen molar-refractivity contribution in [2.75, 3.05) is 12.3 Å². The zero-order valence-corrected chi connectivity index (χ0v) is 12.1. The summed E-state index contributed by atoms with van der Waals surface area (Å²) < 4.78 is 0. The van der Waals surface area contributed by atoms with E-state index in [2.05, 4.69) is 6.58 Å². The zero-order valence-electron chi connectivity index (χ0n) is 11.3. The fourth-order valence-electron chi connectivity index (χ4n) is 2.03. The lowest BCUT2D eigenvalue weighted by Gasteiger charge is -2.17. The number of carbonyl (C=O) groups is 1. The average molecular weight is 293 g/mol. The summed E-state index contributed by atoms with van der Waals surface area (Å²) in [4.78, 5) is 22.6. The molecule has 0 aliphatic rings. The van der Waals surface area contributed by atoms with Crippen LogP contribution in [-0.2, 0) is 4.79 Å². The van der Waals surface area contributed by atoms with E-state index in [9.17, 15) is 14.9 Å². The number of benzene rings is 1. The van der Waals surface area contributed by atoms with Crippen LogP contribution in [0.25, 0.3) is 0 Å². The van der Waals surface area contributed by atoms with Crippen molar-refractivity contribution >= 4 is 18.0 Å². The molecule has 0 aliphatic heterocycles. The normalized spacial score (nSPS) is 13.4. The van der Waals surface area contributed by atoms with E-state index in [1.54, 1.807) is 17.8 Å². The van der Waals surface area contributed by atoms with Crippen LogP contribution in [0, 0.1) is 22.0 Å². The Morgan fingerprint density at radius 3 is 2.60 bits per heavy atom. The first-order valence-electron chi connectivity index (χ1n) is 6.53. The van der Waals surface area contributed by atoms with Crippen molar-refractivity contribution in [2.24, 2.45) is 11.8 Å². The van der Waals surface area contributed by atoms with Gasteiger partial charge in [-0.2, -0.15) is 0 Å². The first-order valence-corrected chi connectivity index (χ1v) is 7.51. The van der Waals surface area contributed by atoms with Crippen LogP contribution in [0.15, 0.2) is 47.9 Å². The van der Waals surface area contributed by atoms with E-state index in [1.807, 2.05) is 30.3 Å². The van der Waals surface area contributed by atoms with E-state index in [4.69, 9.17) is 0 Å². The molecule has 0 radical (unpaired) electrons. The predicted octanol–water partition coefficient (Wildman–Crippen LogP) is 3.45. The third-order valence-corrected chi connectivity index (χ3v) is 4.15. The molecule has 1 aromatic carbocycles. The minimum atomic E-state index is -0.336. The fourth-order valence-corrected chi connectivity index (χ4v) is 3.03. The van der Waals surface area contributed by atoms with Crippen LogP contribution in [0.1, 0.15) is 12.8 Å². The minimum Gasteiger partial charge on any atom is -0.303 e. The summed E-state index contributed by atoms with van der Waals surface area (Å²) in [6, 6.07) is 9.89. The Morgan fingerprint density at radius 1 is 1.35 bits per heavy atom. The molecule has 0 fully saturated rings. The highest BCUT2D eigenvalue weighted by Crippen LogP contribution is 2.24. The van der Waals surface area contributed by atoms with Crippen LogP contribution in [0.4, 0.5) is 0 Å². The summed E-state index contributed by atoms with van der Waals surface area (Å²) in [5.74, 6) is 0.232. The second kappa shape index (κ2) is 9.31. The number of nitro groups is 1. The Bertz CT molecular complexity index is 436. The van der Waals surface area contributed by atoms with E-state index in [-0.39, 0.29) is 23.3 Å². The van der Waals surface area contributed by atoms with Crippen LogP contribution in [0.5, 0.6) is 0 Å². The number of nitrogens with zero attached hydrogens (tertiary/aromatic N) is 1. The Labute approximate surface area is 123 Å². The van der Waals surface area contributed by atoms with Gasteiger partial charge >= 0.3 is 0 Å². The minimum absolute atomic E-state index is 0.160. The highest BCUT2D eigenvalue weighted by Gasteiger charge is 2.24. The van der Waals surface area contributed by atoms with Gasteiger partial charge in [0.05, 0.1) is 0 Å². The molecule has 0 N–H and O–H groups in total. The molecule has 4 nitrogen and oxygen atoms in total. The van der Waals surface area contributed by atoms with Crippen LogP contribution >= 0.6 is 11.8 Å². The van der Waals surface area contributed by atoms with Crippen molar-refractivity contribution in [1.82, 2.24) is 0 Å². The molecule has 0 saturated carbocycles. The molecular formula is C15H19NO3S. The predicted molar refractivity (Wildman–Crippen MR) is 81.5 cm³/mol. The van der Waals surface area contributed by atoms with Gasteiger partial charge in [0.1, 0.15) is 6.29 Å². The van der Waals surface area contributed by atoms with Gasteiger partial charge in [0.15, 0.2) is 0 Å². The SMILES string of the molecule is C=CC[C@@H](C=O)[C@H](CCSc1ccccc1)C[N+](=O)[O-]. The molecule has 0 unspecified atom stereocenters. The molecule has 0 amide bonds. The Morgan fingerprint density at radius 2 is 2.05 bits per heavy atom. The number of hydrogen-bond donors (Lipinski definition) is 0. The second-order valence-electron chi connectivity index (χ2n) is 4.55. The molecular weight excluding hydrogens is 274 g/mol. The molecule has 1 aromatic rings. The van der Waals surface area contributed by atoms with Gasteiger partial charge in [-0.05, 0) is 30.7 Å². The molecule has 2 atom stereocenters. The average Bonchev–Trinajstić information content (AvgIpc) is 2.44. The monoisotopic (exact) mass is 293 g/mol.